The second kappa shape index (κ2) is 6.95. The molecule has 1 aliphatic rings. The fourth-order valence-corrected chi connectivity index (χ4v) is 3.23. The van der Waals surface area contributed by atoms with Crippen LogP contribution in [-0.4, -0.2) is 17.7 Å². The Morgan fingerprint density at radius 2 is 2.19 bits per heavy atom. The maximum Gasteiger partial charge on any atom is 0.122 e. The zero-order valence-electron chi connectivity index (χ0n) is 13.4. The van der Waals surface area contributed by atoms with Crippen molar-refractivity contribution in [2.75, 3.05) is 0 Å². The van der Waals surface area contributed by atoms with E-state index in [9.17, 15) is 5.26 Å². The van der Waals surface area contributed by atoms with Crippen LogP contribution in [0.3, 0.4) is 0 Å². The molecule has 1 saturated carbocycles. The molecule has 0 aliphatic heterocycles. The van der Waals surface area contributed by atoms with Crippen LogP contribution >= 0.6 is 0 Å². The van der Waals surface area contributed by atoms with Crippen LogP contribution in [0.15, 0.2) is 24.3 Å². The molecule has 3 nitrogen and oxygen atoms in total. The van der Waals surface area contributed by atoms with Gasteiger partial charge >= 0.3 is 0 Å². The second-order valence-electron chi connectivity index (χ2n) is 6.29. The number of nitriles is 1. The molecule has 0 amide bonds. The predicted octanol–water partition coefficient (Wildman–Crippen LogP) is 3.83. The highest BCUT2D eigenvalue weighted by Gasteiger charge is 2.38. The van der Waals surface area contributed by atoms with E-state index in [0.717, 1.165) is 37.9 Å². The minimum atomic E-state index is -0.432. The van der Waals surface area contributed by atoms with E-state index in [0.29, 0.717) is 6.04 Å². The van der Waals surface area contributed by atoms with E-state index >= 15 is 0 Å². The molecule has 0 radical (unpaired) electrons. The van der Waals surface area contributed by atoms with Gasteiger partial charge in [-0.1, -0.05) is 25.1 Å². The highest BCUT2D eigenvalue weighted by atomic mass is 16.5. The predicted molar refractivity (Wildman–Crippen MR) is 85.3 cm³/mol. The first kappa shape index (κ1) is 15.9. The van der Waals surface area contributed by atoms with Gasteiger partial charge in [0.2, 0.25) is 0 Å². The van der Waals surface area contributed by atoms with Crippen molar-refractivity contribution in [2.45, 2.75) is 70.6 Å². The maximum atomic E-state index is 9.61. The number of hydrogen-bond acceptors (Lipinski definition) is 3. The fourth-order valence-electron chi connectivity index (χ4n) is 3.23. The van der Waals surface area contributed by atoms with E-state index in [2.05, 4.69) is 38.2 Å². The molecule has 1 aliphatic carbocycles. The third-order valence-electron chi connectivity index (χ3n) is 4.13. The summed E-state index contributed by atoms with van der Waals surface area (Å²) < 4.78 is 6.22. The van der Waals surface area contributed by atoms with Gasteiger partial charge in [0.05, 0.1) is 6.07 Å². The maximum absolute atomic E-state index is 9.61. The summed E-state index contributed by atoms with van der Waals surface area (Å²) >= 11 is 0. The lowest BCUT2D eigenvalue weighted by Crippen LogP contribution is -2.52. The van der Waals surface area contributed by atoms with Gasteiger partial charge in [-0.15, -0.1) is 0 Å². The summed E-state index contributed by atoms with van der Waals surface area (Å²) in [6.45, 7) is 6.33. The summed E-state index contributed by atoms with van der Waals surface area (Å²) in [5, 5.41) is 13.1. The van der Waals surface area contributed by atoms with E-state index < -0.39 is 5.54 Å². The third-order valence-corrected chi connectivity index (χ3v) is 4.13. The molecule has 2 atom stereocenters. The molecule has 1 aromatic carbocycles. The molecule has 3 heteroatoms. The molecule has 0 spiro atoms. The number of ether oxygens (including phenoxy) is 1. The van der Waals surface area contributed by atoms with Crippen molar-refractivity contribution in [1.29, 1.82) is 5.26 Å². The van der Waals surface area contributed by atoms with Crippen LogP contribution in [0.25, 0.3) is 0 Å². The molecular formula is C18H26N2O. The first-order valence-electron chi connectivity index (χ1n) is 8.02. The average molecular weight is 286 g/mol. The standard InChI is InChI=1S/C18H26N2O/c1-4-15-8-5-6-10-17(15)21-16-9-7-11-18(12-16,13-19)20-14(2)3/h5-6,8,10,14,16,20H,4,7,9,11-12H2,1-3H3. The van der Waals surface area contributed by atoms with Gasteiger partial charge in [0, 0.05) is 12.5 Å². The Morgan fingerprint density at radius 3 is 2.86 bits per heavy atom. The van der Waals surface area contributed by atoms with Crippen molar-refractivity contribution < 1.29 is 4.74 Å². The topological polar surface area (TPSA) is 45.0 Å². The van der Waals surface area contributed by atoms with Crippen LogP contribution in [0.5, 0.6) is 5.75 Å². The monoisotopic (exact) mass is 286 g/mol. The molecule has 0 heterocycles. The molecule has 0 bridgehead atoms. The highest BCUT2D eigenvalue weighted by molar-refractivity contribution is 5.33. The lowest BCUT2D eigenvalue weighted by Gasteiger charge is -2.38. The molecule has 1 N–H and O–H groups in total. The zero-order chi connectivity index (χ0) is 15.3. The Balaban J connectivity index is 2.09. The van der Waals surface area contributed by atoms with Gasteiger partial charge in [-0.3, -0.25) is 5.32 Å². The molecule has 2 rings (SSSR count). The summed E-state index contributed by atoms with van der Waals surface area (Å²) in [6, 6.07) is 11.0. The van der Waals surface area contributed by atoms with Gasteiger partial charge in [0.1, 0.15) is 17.4 Å². The van der Waals surface area contributed by atoms with Crippen LogP contribution in [0, 0.1) is 11.3 Å². The lowest BCUT2D eigenvalue weighted by atomic mass is 9.80. The zero-order valence-corrected chi connectivity index (χ0v) is 13.4. The van der Waals surface area contributed by atoms with Crippen molar-refractivity contribution in [2.24, 2.45) is 0 Å². The Labute approximate surface area is 128 Å². The van der Waals surface area contributed by atoms with Crippen molar-refractivity contribution in [3.63, 3.8) is 0 Å². The van der Waals surface area contributed by atoms with Crippen LogP contribution in [0.1, 0.15) is 52.0 Å². The number of nitrogens with zero attached hydrogens (tertiary/aromatic N) is 1. The Bertz CT molecular complexity index is 506. The smallest absolute Gasteiger partial charge is 0.122 e. The minimum absolute atomic E-state index is 0.123. The second-order valence-corrected chi connectivity index (χ2v) is 6.29. The number of nitrogens with one attached hydrogen (secondary N) is 1. The Hall–Kier alpha value is -1.53. The van der Waals surface area contributed by atoms with Crippen molar-refractivity contribution in [1.82, 2.24) is 5.32 Å². The summed E-state index contributed by atoms with van der Waals surface area (Å²) in [7, 11) is 0. The summed E-state index contributed by atoms with van der Waals surface area (Å²) in [4.78, 5) is 0. The minimum Gasteiger partial charge on any atom is -0.490 e. The third kappa shape index (κ3) is 3.98. The molecule has 1 fully saturated rings. The van der Waals surface area contributed by atoms with Crippen LogP contribution < -0.4 is 10.1 Å². The van der Waals surface area contributed by atoms with Crippen LogP contribution in [-0.2, 0) is 6.42 Å². The SMILES string of the molecule is CCc1ccccc1OC1CCCC(C#N)(NC(C)C)C1. The first-order valence-corrected chi connectivity index (χ1v) is 8.02. The van der Waals surface area contributed by atoms with E-state index in [1.54, 1.807) is 0 Å². The van der Waals surface area contributed by atoms with Crippen molar-refractivity contribution in [3.05, 3.63) is 29.8 Å². The van der Waals surface area contributed by atoms with E-state index in [4.69, 9.17) is 4.74 Å². The molecule has 114 valence electrons. The average Bonchev–Trinajstić information content (AvgIpc) is 2.47. The van der Waals surface area contributed by atoms with Crippen LogP contribution in [0.4, 0.5) is 0 Å². The Kier molecular flexibility index (Phi) is 5.25. The molecule has 1 aromatic rings. The highest BCUT2D eigenvalue weighted by Crippen LogP contribution is 2.32. The normalized spacial score (nSPS) is 25.6. The number of hydrogen-bond donors (Lipinski definition) is 1. The van der Waals surface area contributed by atoms with Gasteiger partial charge in [-0.05, 0) is 51.2 Å². The summed E-state index contributed by atoms with van der Waals surface area (Å²) in [5.41, 5.74) is 0.806. The quantitative estimate of drug-likeness (QED) is 0.894. The van der Waals surface area contributed by atoms with E-state index in [-0.39, 0.29) is 6.10 Å². The molecular weight excluding hydrogens is 260 g/mol. The summed E-state index contributed by atoms with van der Waals surface area (Å²) in [5.74, 6) is 0.975. The number of aryl methyl sites for hydroxylation is 1. The molecule has 0 saturated heterocycles. The van der Waals surface area contributed by atoms with Crippen molar-refractivity contribution >= 4 is 0 Å². The first-order chi connectivity index (χ1) is 10.1. The molecule has 21 heavy (non-hydrogen) atoms. The molecule has 2 unspecified atom stereocenters. The Morgan fingerprint density at radius 1 is 1.43 bits per heavy atom. The number of benzene rings is 1. The van der Waals surface area contributed by atoms with Crippen molar-refractivity contribution in [3.8, 4) is 11.8 Å². The number of para-hydroxylation sites is 1. The summed E-state index contributed by atoms with van der Waals surface area (Å²) in [6.07, 6.45) is 4.83. The van der Waals surface area contributed by atoms with E-state index in [1.807, 2.05) is 18.2 Å². The largest absolute Gasteiger partial charge is 0.490 e. The molecule has 0 aromatic heterocycles. The van der Waals surface area contributed by atoms with Gasteiger partial charge in [0.25, 0.3) is 0 Å². The van der Waals surface area contributed by atoms with Gasteiger partial charge in [-0.2, -0.15) is 5.26 Å². The van der Waals surface area contributed by atoms with Crippen LogP contribution in [0.2, 0.25) is 0 Å². The number of rotatable bonds is 5. The fraction of sp³-hybridized carbons (Fsp3) is 0.611. The van der Waals surface area contributed by atoms with E-state index in [1.165, 1.54) is 5.56 Å². The van der Waals surface area contributed by atoms with Gasteiger partial charge in [-0.25, -0.2) is 0 Å². The lowest BCUT2D eigenvalue weighted by molar-refractivity contribution is 0.108. The van der Waals surface area contributed by atoms with Gasteiger partial charge < -0.3 is 4.74 Å². The van der Waals surface area contributed by atoms with Gasteiger partial charge in [0.15, 0.2) is 0 Å².